The summed E-state index contributed by atoms with van der Waals surface area (Å²) in [5.74, 6) is -0.264. The summed E-state index contributed by atoms with van der Waals surface area (Å²) in [5, 5.41) is 6.11. The number of amides is 1. The van der Waals surface area contributed by atoms with Crippen LogP contribution >= 0.6 is 35.6 Å². The fourth-order valence-electron chi connectivity index (χ4n) is 3.18. The summed E-state index contributed by atoms with van der Waals surface area (Å²) in [6.45, 7) is 0. The zero-order valence-corrected chi connectivity index (χ0v) is 17.0. The van der Waals surface area contributed by atoms with E-state index in [0.29, 0.717) is 22.2 Å². The fraction of sp³-hybridized carbons (Fsp3) is 0.0952. The van der Waals surface area contributed by atoms with Crippen molar-refractivity contribution >= 4 is 69.0 Å². The summed E-state index contributed by atoms with van der Waals surface area (Å²) >= 11 is 12.1. The zero-order chi connectivity index (χ0) is 19.0. The van der Waals surface area contributed by atoms with E-state index in [-0.39, 0.29) is 18.3 Å². The van der Waals surface area contributed by atoms with Crippen LogP contribution in [-0.4, -0.2) is 16.9 Å². The second kappa shape index (κ2) is 8.41. The molecule has 1 aromatic heterocycles. The first-order valence-electron chi connectivity index (χ1n) is 8.52. The normalized spacial score (nSPS) is 12.0. The number of rotatable bonds is 4. The Bertz CT molecular complexity index is 1160. The van der Waals surface area contributed by atoms with Crippen LogP contribution in [0.1, 0.15) is 5.56 Å². The largest absolute Gasteiger partial charge is 0.355 e. The maximum atomic E-state index is 12.5. The SMILES string of the molecule is Cl.N[C@H](Cc1ccc(Cl)cc1Cl)C(=O)Nc1ccc2[nH]c3ccccc3c2c1. The van der Waals surface area contributed by atoms with Crippen LogP contribution in [0.3, 0.4) is 0 Å². The van der Waals surface area contributed by atoms with E-state index in [1.54, 1.807) is 18.2 Å². The average Bonchev–Trinajstić information content (AvgIpc) is 3.02. The van der Waals surface area contributed by atoms with E-state index in [4.69, 9.17) is 28.9 Å². The maximum absolute atomic E-state index is 12.5. The highest BCUT2D eigenvalue weighted by Crippen LogP contribution is 2.28. The minimum absolute atomic E-state index is 0. The van der Waals surface area contributed by atoms with Gasteiger partial charge in [0.05, 0.1) is 6.04 Å². The van der Waals surface area contributed by atoms with Crippen molar-refractivity contribution in [1.29, 1.82) is 0 Å². The topological polar surface area (TPSA) is 70.9 Å². The Labute approximate surface area is 178 Å². The van der Waals surface area contributed by atoms with Gasteiger partial charge in [-0.15, -0.1) is 12.4 Å². The summed E-state index contributed by atoms with van der Waals surface area (Å²) in [6.07, 6.45) is 0.331. The number of aromatic nitrogens is 1. The number of hydrogen-bond donors (Lipinski definition) is 3. The van der Waals surface area contributed by atoms with Gasteiger partial charge in [-0.3, -0.25) is 4.79 Å². The number of H-pyrrole nitrogens is 1. The Kier molecular flexibility index (Phi) is 6.16. The monoisotopic (exact) mass is 433 g/mol. The van der Waals surface area contributed by atoms with Crippen LogP contribution in [0.15, 0.2) is 60.7 Å². The molecule has 1 amide bonds. The molecule has 0 spiro atoms. The van der Waals surface area contributed by atoms with Gasteiger partial charge < -0.3 is 16.0 Å². The number of halogens is 3. The molecule has 0 aliphatic heterocycles. The maximum Gasteiger partial charge on any atom is 0.241 e. The Hall–Kier alpha value is -2.24. The highest BCUT2D eigenvalue weighted by atomic mass is 35.5. The van der Waals surface area contributed by atoms with E-state index in [1.165, 1.54) is 0 Å². The molecule has 28 heavy (non-hydrogen) atoms. The fourth-order valence-corrected chi connectivity index (χ4v) is 3.66. The molecule has 0 radical (unpaired) electrons. The van der Waals surface area contributed by atoms with Crippen molar-refractivity contribution in [3.63, 3.8) is 0 Å². The molecule has 0 aliphatic carbocycles. The number of benzene rings is 3. The number of fused-ring (bicyclic) bond motifs is 3. The first-order valence-corrected chi connectivity index (χ1v) is 9.28. The van der Waals surface area contributed by atoms with Gasteiger partial charge in [0.25, 0.3) is 0 Å². The minimum atomic E-state index is -0.720. The summed E-state index contributed by atoms with van der Waals surface area (Å²) in [6, 6.07) is 18.3. The number of nitrogens with one attached hydrogen (secondary N) is 2. The van der Waals surface area contributed by atoms with Gasteiger partial charge in [-0.05, 0) is 48.4 Å². The summed E-state index contributed by atoms with van der Waals surface area (Å²) in [5.41, 5.74) is 9.65. The van der Waals surface area contributed by atoms with Crippen molar-refractivity contribution in [3.8, 4) is 0 Å². The molecule has 0 saturated heterocycles. The molecule has 0 fully saturated rings. The molecular weight excluding hydrogens is 417 g/mol. The standard InChI is InChI=1S/C21H17Cl2N3O.ClH/c22-13-6-5-12(17(23)10-13)9-18(24)21(27)25-14-7-8-20-16(11-14)15-3-1-2-4-19(15)26-20;/h1-8,10-11,18,26H,9,24H2,(H,25,27);1H/t18-;/m1./s1. The first kappa shape index (κ1) is 20.5. The highest BCUT2D eigenvalue weighted by molar-refractivity contribution is 6.35. The number of aromatic amines is 1. The summed E-state index contributed by atoms with van der Waals surface area (Å²) in [4.78, 5) is 15.9. The molecule has 3 aromatic carbocycles. The van der Waals surface area contributed by atoms with Crippen LogP contribution in [0.2, 0.25) is 10.0 Å². The van der Waals surface area contributed by atoms with Gasteiger partial charge in [0, 0.05) is 37.5 Å². The number of para-hydroxylation sites is 1. The molecule has 0 aliphatic rings. The molecule has 4 rings (SSSR count). The third kappa shape index (κ3) is 4.10. The lowest BCUT2D eigenvalue weighted by Crippen LogP contribution is -2.37. The smallest absolute Gasteiger partial charge is 0.241 e. The van der Waals surface area contributed by atoms with Gasteiger partial charge in [0.2, 0.25) is 5.91 Å². The molecule has 4 N–H and O–H groups in total. The first-order chi connectivity index (χ1) is 13.0. The van der Waals surface area contributed by atoms with Crippen molar-refractivity contribution in [3.05, 3.63) is 76.3 Å². The third-order valence-corrected chi connectivity index (χ3v) is 5.15. The molecule has 0 unspecified atom stereocenters. The van der Waals surface area contributed by atoms with Crippen molar-refractivity contribution in [2.75, 3.05) is 5.32 Å². The summed E-state index contributed by atoms with van der Waals surface area (Å²) in [7, 11) is 0. The molecule has 144 valence electrons. The number of carbonyl (C=O) groups excluding carboxylic acids is 1. The van der Waals surface area contributed by atoms with Crippen molar-refractivity contribution in [2.24, 2.45) is 5.73 Å². The van der Waals surface area contributed by atoms with E-state index in [9.17, 15) is 4.79 Å². The second-order valence-corrected chi connectivity index (χ2v) is 7.31. The van der Waals surface area contributed by atoms with Crippen LogP contribution in [-0.2, 0) is 11.2 Å². The quantitative estimate of drug-likeness (QED) is 0.393. The molecular formula is C21H18Cl3N3O. The van der Waals surface area contributed by atoms with Crippen molar-refractivity contribution in [1.82, 2.24) is 4.98 Å². The second-order valence-electron chi connectivity index (χ2n) is 6.47. The minimum Gasteiger partial charge on any atom is -0.355 e. The van der Waals surface area contributed by atoms with Gasteiger partial charge >= 0.3 is 0 Å². The van der Waals surface area contributed by atoms with Crippen molar-refractivity contribution in [2.45, 2.75) is 12.5 Å². The molecule has 4 aromatic rings. The number of carbonyl (C=O) groups is 1. The zero-order valence-electron chi connectivity index (χ0n) is 14.7. The van der Waals surface area contributed by atoms with Crippen LogP contribution < -0.4 is 11.1 Å². The average molecular weight is 435 g/mol. The number of anilines is 1. The van der Waals surface area contributed by atoms with E-state index in [2.05, 4.69) is 10.3 Å². The van der Waals surface area contributed by atoms with Gasteiger partial charge in [-0.1, -0.05) is 47.5 Å². The predicted molar refractivity (Wildman–Crippen MR) is 120 cm³/mol. The molecule has 7 heteroatoms. The predicted octanol–water partition coefficient (Wildman–Crippen LogP) is 5.56. The lowest BCUT2D eigenvalue weighted by Gasteiger charge is -2.13. The van der Waals surface area contributed by atoms with Gasteiger partial charge in [0.15, 0.2) is 0 Å². The lowest BCUT2D eigenvalue weighted by molar-refractivity contribution is -0.117. The summed E-state index contributed by atoms with van der Waals surface area (Å²) < 4.78 is 0. The van der Waals surface area contributed by atoms with E-state index in [1.807, 2.05) is 42.5 Å². The van der Waals surface area contributed by atoms with Crippen LogP contribution in [0.25, 0.3) is 21.8 Å². The Morgan fingerprint density at radius 2 is 1.75 bits per heavy atom. The van der Waals surface area contributed by atoms with Crippen molar-refractivity contribution < 1.29 is 4.79 Å². The van der Waals surface area contributed by atoms with E-state index >= 15 is 0 Å². The number of nitrogens with two attached hydrogens (primary N) is 1. The Morgan fingerprint density at radius 1 is 1.00 bits per heavy atom. The molecule has 0 bridgehead atoms. The van der Waals surface area contributed by atoms with Gasteiger partial charge in [-0.25, -0.2) is 0 Å². The van der Waals surface area contributed by atoms with Gasteiger partial charge in [0.1, 0.15) is 0 Å². The molecule has 0 saturated carbocycles. The van der Waals surface area contributed by atoms with Crippen LogP contribution in [0.4, 0.5) is 5.69 Å². The Morgan fingerprint density at radius 3 is 2.54 bits per heavy atom. The lowest BCUT2D eigenvalue weighted by atomic mass is 10.1. The van der Waals surface area contributed by atoms with Crippen LogP contribution in [0.5, 0.6) is 0 Å². The third-order valence-electron chi connectivity index (χ3n) is 4.57. The van der Waals surface area contributed by atoms with Gasteiger partial charge in [-0.2, -0.15) is 0 Å². The molecule has 1 heterocycles. The van der Waals surface area contributed by atoms with E-state index < -0.39 is 6.04 Å². The number of hydrogen-bond acceptors (Lipinski definition) is 2. The van der Waals surface area contributed by atoms with Crippen LogP contribution in [0, 0.1) is 0 Å². The molecule has 4 nitrogen and oxygen atoms in total. The van der Waals surface area contributed by atoms with E-state index in [0.717, 1.165) is 27.4 Å². The molecule has 1 atom stereocenters. The highest BCUT2D eigenvalue weighted by Gasteiger charge is 2.16. The Balaban J connectivity index is 0.00000225.